The van der Waals surface area contributed by atoms with E-state index in [0.29, 0.717) is 24.2 Å². The number of rotatable bonds is 6. The summed E-state index contributed by atoms with van der Waals surface area (Å²) in [6.45, 7) is 4.97. The molecule has 1 saturated carbocycles. The van der Waals surface area contributed by atoms with Crippen LogP contribution in [0.4, 0.5) is 0 Å². The van der Waals surface area contributed by atoms with E-state index in [9.17, 15) is 5.11 Å². The second-order valence-electron chi connectivity index (χ2n) is 8.45. The first-order valence-electron chi connectivity index (χ1n) is 10.4. The molecule has 0 spiro atoms. The zero-order valence-electron chi connectivity index (χ0n) is 16.9. The number of aliphatic hydroxyl groups is 1. The van der Waals surface area contributed by atoms with Crippen LogP contribution in [0.1, 0.15) is 23.4 Å². The zero-order valence-corrected chi connectivity index (χ0v) is 17.7. The van der Waals surface area contributed by atoms with Gasteiger partial charge in [0, 0.05) is 47.8 Å². The summed E-state index contributed by atoms with van der Waals surface area (Å²) in [4.78, 5) is 2.42. The van der Waals surface area contributed by atoms with Crippen molar-refractivity contribution in [2.24, 2.45) is 11.8 Å². The Morgan fingerprint density at radius 1 is 1.20 bits per heavy atom. The number of aromatic nitrogens is 1. The van der Waals surface area contributed by atoms with Gasteiger partial charge in [0.25, 0.3) is 0 Å². The van der Waals surface area contributed by atoms with Crippen LogP contribution in [-0.2, 0) is 13.2 Å². The fraction of sp³-hybridized carbons (Fsp3) is 0.375. The number of hydrogen-bond donors (Lipinski definition) is 1. The number of nitrogens with zero attached hydrogens (tertiary/aromatic N) is 2. The standard InChI is InChI=1S/C24H25ClN2O3/c1-15-8-19(30-26-15)14-29-24-7-6-16(20-4-2-3-5-22(20)25)9-18(24)12-27-11-17-10-23(28)21(17)13-27/h2-9,17,21,23,28H,10-14H2,1H3/t17-,21+,23-/m0/s1. The Balaban J connectivity index is 1.41. The Bertz CT molecular complexity index is 1050. The molecule has 0 bridgehead atoms. The lowest BCUT2D eigenvalue weighted by atomic mass is 9.74. The van der Waals surface area contributed by atoms with E-state index in [1.807, 2.05) is 49.4 Å². The summed E-state index contributed by atoms with van der Waals surface area (Å²) < 4.78 is 11.4. The topological polar surface area (TPSA) is 58.7 Å². The summed E-state index contributed by atoms with van der Waals surface area (Å²) in [6, 6.07) is 16.0. The molecule has 2 aliphatic rings. The van der Waals surface area contributed by atoms with Crippen LogP contribution >= 0.6 is 11.6 Å². The lowest BCUT2D eigenvalue weighted by molar-refractivity contribution is -0.00435. The zero-order chi connectivity index (χ0) is 20.7. The molecule has 2 fully saturated rings. The Labute approximate surface area is 181 Å². The molecule has 1 N–H and O–H groups in total. The van der Waals surface area contributed by atoms with Gasteiger partial charge in [0.15, 0.2) is 5.76 Å². The molecule has 3 atom stereocenters. The third-order valence-corrected chi connectivity index (χ3v) is 6.62. The van der Waals surface area contributed by atoms with Gasteiger partial charge in [0.05, 0.1) is 11.8 Å². The highest BCUT2D eigenvalue weighted by molar-refractivity contribution is 6.33. The van der Waals surface area contributed by atoms with Crippen molar-refractivity contribution in [3.8, 4) is 16.9 Å². The first kappa shape index (κ1) is 19.6. The van der Waals surface area contributed by atoms with Crippen LogP contribution in [0.25, 0.3) is 11.1 Å². The normalized spacial score (nSPS) is 23.2. The smallest absolute Gasteiger partial charge is 0.174 e. The summed E-state index contributed by atoms with van der Waals surface area (Å²) in [5.41, 5.74) is 4.03. The summed E-state index contributed by atoms with van der Waals surface area (Å²) in [7, 11) is 0. The van der Waals surface area contributed by atoms with Crippen molar-refractivity contribution in [3.63, 3.8) is 0 Å². The fourth-order valence-electron chi connectivity index (χ4n) is 4.67. The predicted molar refractivity (Wildman–Crippen MR) is 115 cm³/mol. The molecule has 1 aliphatic carbocycles. The molecule has 1 aliphatic heterocycles. The minimum Gasteiger partial charge on any atom is -0.485 e. The van der Waals surface area contributed by atoms with E-state index in [0.717, 1.165) is 59.2 Å². The largest absolute Gasteiger partial charge is 0.485 e. The highest BCUT2D eigenvalue weighted by Gasteiger charge is 2.46. The molecule has 2 aromatic carbocycles. The molecule has 1 aromatic heterocycles. The maximum atomic E-state index is 10.0. The number of benzene rings is 2. The molecule has 2 heterocycles. The summed E-state index contributed by atoms with van der Waals surface area (Å²) >= 11 is 6.44. The molecule has 0 unspecified atom stereocenters. The number of ether oxygens (including phenoxy) is 1. The number of aryl methyl sites for hydroxylation is 1. The fourth-order valence-corrected chi connectivity index (χ4v) is 4.92. The number of hydrogen-bond acceptors (Lipinski definition) is 5. The molecular formula is C24H25ClN2O3. The van der Waals surface area contributed by atoms with Crippen molar-refractivity contribution in [3.05, 3.63) is 70.6 Å². The van der Waals surface area contributed by atoms with Gasteiger partial charge in [0.2, 0.25) is 0 Å². The van der Waals surface area contributed by atoms with Crippen LogP contribution in [0.2, 0.25) is 5.02 Å². The molecule has 3 aromatic rings. The highest BCUT2D eigenvalue weighted by Crippen LogP contribution is 2.42. The molecule has 0 amide bonds. The highest BCUT2D eigenvalue weighted by atomic mass is 35.5. The summed E-state index contributed by atoms with van der Waals surface area (Å²) in [5, 5.41) is 14.7. The van der Waals surface area contributed by atoms with Crippen molar-refractivity contribution in [1.82, 2.24) is 10.1 Å². The third kappa shape index (κ3) is 3.85. The van der Waals surface area contributed by atoms with Gasteiger partial charge in [0.1, 0.15) is 12.4 Å². The lowest BCUT2D eigenvalue weighted by Gasteiger charge is -2.35. The lowest BCUT2D eigenvalue weighted by Crippen LogP contribution is -2.39. The summed E-state index contributed by atoms with van der Waals surface area (Å²) in [6.07, 6.45) is 0.787. The average Bonchev–Trinajstić information content (AvgIpc) is 3.30. The van der Waals surface area contributed by atoms with Gasteiger partial charge in [-0.15, -0.1) is 0 Å². The monoisotopic (exact) mass is 424 g/mol. The van der Waals surface area contributed by atoms with Crippen LogP contribution < -0.4 is 4.74 Å². The summed E-state index contributed by atoms with van der Waals surface area (Å²) in [5.74, 6) is 2.57. The van der Waals surface area contributed by atoms with Crippen LogP contribution in [0.3, 0.4) is 0 Å². The maximum absolute atomic E-state index is 10.0. The van der Waals surface area contributed by atoms with Gasteiger partial charge in [-0.3, -0.25) is 4.90 Å². The second kappa shape index (κ2) is 8.06. The van der Waals surface area contributed by atoms with E-state index in [1.165, 1.54) is 0 Å². The Morgan fingerprint density at radius 3 is 2.80 bits per heavy atom. The molecule has 156 valence electrons. The molecule has 1 saturated heterocycles. The van der Waals surface area contributed by atoms with Gasteiger partial charge in [-0.05, 0) is 43.0 Å². The van der Waals surface area contributed by atoms with Crippen molar-refractivity contribution in [2.45, 2.75) is 32.6 Å². The molecule has 30 heavy (non-hydrogen) atoms. The van der Waals surface area contributed by atoms with E-state index in [2.05, 4.69) is 16.1 Å². The van der Waals surface area contributed by atoms with E-state index in [4.69, 9.17) is 20.9 Å². The van der Waals surface area contributed by atoms with Crippen LogP contribution in [0.5, 0.6) is 5.75 Å². The third-order valence-electron chi connectivity index (χ3n) is 6.29. The quantitative estimate of drug-likeness (QED) is 0.621. The van der Waals surface area contributed by atoms with Gasteiger partial charge in [-0.25, -0.2) is 0 Å². The van der Waals surface area contributed by atoms with Crippen molar-refractivity contribution in [2.75, 3.05) is 13.1 Å². The van der Waals surface area contributed by atoms with Crippen LogP contribution in [-0.4, -0.2) is 34.4 Å². The van der Waals surface area contributed by atoms with E-state index < -0.39 is 0 Å². The average molecular weight is 425 g/mol. The van der Waals surface area contributed by atoms with E-state index in [-0.39, 0.29) is 6.10 Å². The Morgan fingerprint density at radius 2 is 2.07 bits per heavy atom. The van der Waals surface area contributed by atoms with E-state index in [1.54, 1.807) is 0 Å². The molecule has 0 radical (unpaired) electrons. The number of fused-ring (bicyclic) bond motifs is 1. The van der Waals surface area contributed by atoms with Gasteiger partial charge >= 0.3 is 0 Å². The minimum atomic E-state index is -0.139. The van der Waals surface area contributed by atoms with Crippen molar-refractivity contribution in [1.29, 1.82) is 0 Å². The first-order valence-corrected chi connectivity index (χ1v) is 10.8. The van der Waals surface area contributed by atoms with Crippen LogP contribution in [0.15, 0.2) is 53.1 Å². The Hall–Kier alpha value is -2.34. The molecule has 5 rings (SSSR count). The maximum Gasteiger partial charge on any atom is 0.174 e. The predicted octanol–water partition coefficient (Wildman–Crippen LogP) is 4.70. The van der Waals surface area contributed by atoms with Crippen LogP contribution in [0, 0.1) is 18.8 Å². The molecule has 5 nitrogen and oxygen atoms in total. The number of halogens is 1. The minimum absolute atomic E-state index is 0.139. The molecule has 6 heteroatoms. The Kier molecular flexibility index (Phi) is 5.27. The number of aliphatic hydroxyl groups excluding tert-OH is 1. The van der Waals surface area contributed by atoms with Gasteiger partial charge < -0.3 is 14.4 Å². The van der Waals surface area contributed by atoms with Crippen molar-refractivity contribution >= 4 is 11.6 Å². The van der Waals surface area contributed by atoms with E-state index >= 15 is 0 Å². The van der Waals surface area contributed by atoms with Crippen molar-refractivity contribution < 1.29 is 14.4 Å². The van der Waals surface area contributed by atoms with Gasteiger partial charge in [-0.2, -0.15) is 0 Å². The number of likely N-dealkylation sites (tertiary alicyclic amines) is 1. The van der Waals surface area contributed by atoms with Gasteiger partial charge in [-0.1, -0.05) is 41.0 Å². The first-order chi connectivity index (χ1) is 14.6. The SMILES string of the molecule is Cc1cc(COc2ccc(-c3ccccc3Cl)cc2CN2C[C@@H]3C[C@H](O)[C@@H]3C2)on1. The molecular weight excluding hydrogens is 400 g/mol. The second-order valence-corrected chi connectivity index (χ2v) is 8.85.